The summed E-state index contributed by atoms with van der Waals surface area (Å²) in [6.45, 7) is 3.87. The van der Waals surface area contributed by atoms with Crippen LogP contribution in [0.3, 0.4) is 0 Å². The lowest BCUT2D eigenvalue weighted by Crippen LogP contribution is -2.41. The van der Waals surface area contributed by atoms with Gasteiger partial charge < -0.3 is 5.32 Å². The van der Waals surface area contributed by atoms with Crippen molar-refractivity contribution >= 4 is 10.0 Å². The molecule has 0 atom stereocenters. The van der Waals surface area contributed by atoms with E-state index in [1.807, 2.05) is 14.0 Å². The Bertz CT molecular complexity index is 535. The number of rotatable bonds is 7. The van der Waals surface area contributed by atoms with Crippen molar-refractivity contribution in [3.05, 3.63) is 12.4 Å². The summed E-state index contributed by atoms with van der Waals surface area (Å²) in [5.41, 5.74) is 0. The Kier molecular flexibility index (Phi) is 5.78. The Hall–Kier alpha value is -0.920. The van der Waals surface area contributed by atoms with E-state index in [4.69, 9.17) is 0 Å². The van der Waals surface area contributed by atoms with Crippen LogP contribution < -0.4 is 5.32 Å². The summed E-state index contributed by atoms with van der Waals surface area (Å²) in [4.78, 5) is 0.311. The van der Waals surface area contributed by atoms with Gasteiger partial charge in [0.2, 0.25) is 10.0 Å². The van der Waals surface area contributed by atoms with Gasteiger partial charge in [-0.05, 0) is 19.9 Å². The minimum Gasteiger partial charge on any atom is -0.318 e. The van der Waals surface area contributed by atoms with Crippen LogP contribution in [0.4, 0.5) is 0 Å². The second-order valence-electron chi connectivity index (χ2n) is 5.54. The summed E-state index contributed by atoms with van der Waals surface area (Å²) < 4.78 is 29.0. The SMILES string of the molecule is CCN(C1CCCCC1)S(=O)(=O)c1cnn(CCNC)c1. The van der Waals surface area contributed by atoms with Crippen LogP contribution in [0.2, 0.25) is 0 Å². The zero-order valence-electron chi connectivity index (χ0n) is 13.0. The van der Waals surface area contributed by atoms with Gasteiger partial charge in [0.1, 0.15) is 4.90 Å². The lowest BCUT2D eigenvalue weighted by molar-refractivity contribution is 0.261. The third-order valence-corrected chi connectivity index (χ3v) is 6.08. The second kappa shape index (κ2) is 7.38. The molecule has 0 radical (unpaired) electrons. The van der Waals surface area contributed by atoms with Crippen molar-refractivity contribution in [2.45, 2.75) is 56.5 Å². The van der Waals surface area contributed by atoms with Crippen LogP contribution >= 0.6 is 0 Å². The first-order chi connectivity index (χ1) is 10.1. The summed E-state index contributed by atoms with van der Waals surface area (Å²) >= 11 is 0. The van der Waals surface area contributed by atoms with E-state index in [1.54, 1.807) is 15.2 Å². The van der Waals surface area contributed by atoms with E-state index in [2.05, 4.69) is 10.4 Å². The van der Waals surface area contributed by atoms with Gasteiger partial charge in [-0.3, -0.25) is 4.68 Å². The fourth-order valence-corrected chi connectivity index (χ4v) is 4.60. The van der Waals surface area contributed by atoms with Crippen molar-refractivity contribution in [3.63, 3.8) is 0 Å². The Labute approximate surface area is 127 Å². The fraction of sp³-hybridized carbons (Fsp3) is 0.786. The molecule has 120 valence electrons. The number of nitrogens with one attached hydrogen (secondary N) is 1. The predicted molar refractivity (Wildman–Crippen MR) is 82.6 cm³/mol. The molecule has 1 N–H and O–H groups in total. The van der Waals surface area contributed by atoms with E-state index in [1.165, 1.54) is 12.6 Å². The molecule has 0 saturated heterocycles. The number of hydrogen-bond acceptors (Lipinski definition) is 4. The maximum absolute atomic E-state index is 12.8. The molecule has 0 bridgehead atoms. The number of likely N-dealkylation sites (N-methyl/N-ethyl adjacent to an activating group) is 1. The molecule has 21 heavy (non-hydrogen) atoms. The van der Waals surface area contributed by atoms with Crippen molar-refractivity contribution in [2.75, 3.05) is 20.1 Å². The van der Waals surface area contributed by atoms with Gasteiger partial charge in [0.15, 0.2) is 0 Å². The first-order valence-corrected chi connectivity index (χ1v) is 9.22. The molecule has 0 aliphatic heterocycles. The van der Waals surface area contributed by atoms with Crippen molar-refractivity contribution in [3.8, 4) is 0 Å². The number of sulfonamides is 1. The zero-order valence-corrected chi connectivity index (χ0v) is 13.8. The highest BCUT2D eigenvalue weighted by Gasteiger charge is 2.31. The molecule has 1 aromatic heterocycles. The standard InChI is InChI=1S/C14H26N4O2S/c1-3-18(13-7-5-4-6-8-13)21(19,20)14-11-16-17(12-14)10-9-15-2/h11-13,15H,3-10H2,1-2H3. The second-order valence-corrected chi connectivity index (χ2v) is 7.43. The van der Waals surface area contributed by atoms with Crippen LogP contribution in [0.5, 0.6) is 0 Å². The third kappa shape index (κ3) is 3.84. The van der Waals surface area contributed by atoms with E-state index < -0.39 is 10.0 Å². The van der Waals surface area contributed by atoms with Crippen LogP contribution in [-0.4, -0.2) is 48.7 Å². The van der Waals surface area contributed by atoms with Gasteiger partial charge in [0.25, 0.3) is 0 Å². The van der Waals surface area contributed by atoms with Crippen LogP contribution in [0.25, 0.3) is 0 Å². The average molecular weight is 314 g/mol. The normalized spacial score (nSPS) is 17.5. The molecule has 0 aromatic carbocycles. The Balaban J connectivity index is 2.16. The summed E-state index contributed by atoms with van der Waals surface area (Å²) in [6, 6.07) is 0.148. The Morgan fingerprint density at radius 3 is 2.71 bits per heavy atom. The largest absolute Gasteiger partial charge is 0.318 e. The molecule has 1 aliphatic carbocycles. The van der Waals surface area contributed by atoms with Gasteiger partial charge in [-0.15, -0.1) is 0 Å². The molecule has 1 saturated carbocycles. The fourth-order valence-electron chi connectivity index (χ4n) is 2.96. The van der Waals surface area contributed by atoms with Gasteiger partial charge in [-0.2, -0.15) is 9.40 Å². The third-order valence-electron chi connectivity index (χ3n) is 4.10. The molecule has 0 amide bonds. The van der Waals surface area contributed by atoms with E-state index in [0.29, 0.717) is 18.0 Å². The quantitative estimate of drug-likeness (QED) is 0.827. The predicted octanol–water partition coefficient (Wildman–Crippen LogP) is 1.45. The van der Waals surface area contributed by atoms with Gasteiger partial charge in [0.05, 0.1) is 12.7 Å². The van der Waals surface area contributed by atoms with Gasteiger partial charge >= 0.3 is 0 Å². The maximum atomic E-state index is 12.8. The van der Waals surface area contributed by atoms with E-state index >= 15 is 0 Å². The Morgan fingerprint density at radius 2 is 2.10 bits per heavy atom. The van der Waals surface area contributed by atoms with Crippen LogP contribution in [0, 0.1) is 0 Å². The maximum Gasteiger partial charge on any atom is 0.246 e. The molecule has 1 aliphatic rings. The monoisotopic (exact) mass is 314 g/mol. The highest BCUT2D eigenvalue weighted by molar-refractivity contribution is 7.89. The first kappa shape index (κ1) is 16.5. The lowest BCUT2D eigenvalue weighted by atomic mass is 9.95. The van der Waals surface area contributed by atoms with Crippen molar-refractivity contribution < 1.29 is 8.42 Å². The molecule has 7 heteroatoms. The topological polar surface area (TPSA) is 67.2 Å². The summed E-state index contributed by atoms with van der Waals surface area (Å²) in [6.07, 6.45) is 8.52. The smallest absolute Gasteiger partial charge is 0.246 e. The minimum absolute atomic E-state index is 0.148. The van der Waals surface area contributed by atoms with Crippen LogP contribution in [-0.2, 0) is 16.6 Å². The number of hydrogen-bond donors (Lipinski definition) is 1. The highest BCUT2D eigenvalue weighted by Crippen LogP contribution is 2.27. The van der Waals surface area contributed by atoms with Crippen LogP contribution in [0.15, 0.2) is 17.3 Å². The average Bonchev–Trinajstić information content (AvgIpc) is 2.96. The van der Waals surface area contributed by atoms with Crippen molar-refractivity contribution in [2.24, 2.45) is 0 Å². The van der Waals surface area contributed by atoms with Gasteiger partial charge in [-0.1, -0.05) is 26.2 Å². The molecule has 1 heterocycles. The molecular formula is C14H26N4O2S. The van der Waals surface area contributed by atoms with Crippen molar-refractivity contribution in [1.82, 2.24) is 19.4 Å². The molecular weight excluding hydrogens is 288 g/mol. The summed E-state index contributed by atoms with van der Waals surface area (Å²) in [7, 11) is -1.56. The molecule has 2 rings (SSSR count). The first-order valence-electron chi connectivity index (χ1n) is 7.78. The molecule has 0 unspecified atom stereocenters. The Morgan fingerprint density at radius 1 is 1.38 bits per heavy atom. The molecule has 6 nitrogen and oxygen atoms in total. The lowest BCUT2D eigenvalue weighted by Gasteiger charge is -2.32. The van der Waals surface area contributed by atoms with Crippen LogP contribution in [0.1, 0.15) is 39.0 Å². The molecule has 0 spiro atoms. The number of nitrogens with zero attached hydrogens (tertiary/aromatic N) is 3. The van der Waals surface area contributed by atoms with Gasteiger partial charge in [0, 0.05) is 25.3 Å². The summed E-state index contributed by atoms with van der Waals surface area (Å²) in [5.74, 6) is 0. The highest BCUT2D eigenvalue weighted by atomic mass is 32.2. The summed E-state index contributed by atoms with van der Waals surface area (Å²) in [5, 5.41) is 7.18. The zero-order chi connectivity index (χ0) is 15.3. The van der Waals surface area contributed by atoms with Crippen molar-refractivity contribution in [1.29, 1.82) is 0 Å². The van der Waals surface area contributed by atoms with Gasteiger partial charge in [-0.25, -0.2) is 8.42 Å². The van der Waals surface area contributed by atoms with E-state index in [0.717, 1.165) is 32.2 Å². The molecule has 1 fully saturated rings. The minimum atomic E-state index is -3.43. The number of aromatic nitrogens is 2. The molecule has 1 aromatic rings. The van der Waals surface area contributed by atoms with E-state index in [-0.39, 0.29) is 6.04 Å². The van der Waals surface area contributed by atoms with E-state index in [9.17, 15) is 8.42 Å².